The highest BCUT2D eigenvalue weighted by atomic mass is 19.4. The number of aryl methyl sites for hydroxylation is 1. The van der Waals surface area contributed by atoms with E-state index in [0.29, 0.717) is 5.69 Å². The van der Waals surface area contributed by atoms with Crippen molar-refractivity contribution in [3.05, 3.63) is 41.6 Å². The molecule has 0 atom stereocenters. The van der Waals surface area contributed by atoms with Crippen LogP contribution in [-0.2, 0) is 15.8 Å². The molecule has 2 rings (SSSR count). The van der Waals surface area contributed by atoms with Crippen LogP contribution in [0, 0.1) is 6.92 Å². The second kappa shape index (κ2) is 7.34. The molecular formula is C15H16F3N5O2. The maximum Gasteiger partial charge on any atom is 0.416 e. The van der Waals surface area contributed by atoms with Gasteiger partial charge in [-0.2, -0.15) is 18.3 Å². The third-order valence-corrected chi connectivity index (χ3v) is 3.15. The van der Waals surface area contributed by atoms with Crippen molar-refractivity contribution < 1.29 is 22.8 Å². The van der Waals surface area contributed by atoms with Crippen LogP contribution in [0.3, 0.4) is 0 Å². The van der Waals surface area contributed by atoms with E-state index in [0.717, 1.165) is 12.1 Å². The highest BCUT2D eigenvalue weighted by Gasteiger charge is 2.30. The number of benzene rings is 1. The van der Waals surface area contributed by atoms with Crippen LogP contribution < -0.4 is 16.4 Å². The number of nitrogens with two attached hydrogens (primary N) is 1. The van der Waals surface area contributed by atoms with E-state index in [-0.39, 0.29) is 24.6 Å². The number of rotatable bonds is 5. The van der Waals surface area contributed by atoms with Crippen LogP contribution in [-0.4, -0.2) is 34.7 Å². The van der Waals surface area contributed by atoms with Crippen molar-refractivity contribution in [3.8, 4) is 5.69 Å². The normalized spacial score (nSPS) is 11.2. The highest BCUT2D eigenvalue weighted by Crippen LogP contribution is 2.30. The Morgan fingerprint density at radius 2 is 1.96 bits per heavy atom. The molecule has 134 valence electrons. The fourth-order valence-electron chi connectivity index (χ4n) is 2.04. The summed E-state index contributed by atoms with van der Waals surface area (Å²) in [7, 11) is 0. The summed E-state index contributed by atoms with van der Waals surface area (Å²) in [5.41, 5.74) is 4.93. The Kier molecular flexibility index (Phi) is 5.42. The van der Waals surface area contributed by atoms with Crippen molar-refractivity contribution in [1.29, 1.82) is 0 Å². The molecule has 25 heavy (non-hydrogen) atoms. The zero-order valence-corrected chi connectivity index (χ0v) is 13.2. The summed E-state index contributed by atoms with van der Waals surface area (Å²) in [5.74, 6) is -0.878. The molecule has 0 bridgehead atoms. The minimum absolute atomic E-state index is 0.143. The average molecular weight is 355 g/mol. The summed E-state index contributed by atoms with van der Waals surface area (Å²) in [6.07, 6.45) is -4.49. The Bertz CT molecular complexity index is 786. The predicted octanol–water partition coefficient (Wildman–Crippen LogP) is 1.21. The van der Waals surface area contributed by atoms with Crippen molar-refractivity contribution in [2.75, 3.05) is 18.4 Å². The molecule has 0 fully saturated rings. The van der Waals surface area contributed by atoms with E-state index in [1.165, 1.54) is 22.9 Å². The fraction of sp³-hybridized carbons (Fsp3) is 0.267. The number of halogens is 3. The van der Waals surface area contributed by atoms with Gasteiger partial charge in [0.2, 0.25) is 11.8 Å². The van der Waals surface area contributed by atoms with Gasteiger partial charge in [-0.25, -0.2) is 4.68 Å². The average Bonchev–Trinajstić information content (AvgIpc) is 2.92. The largest absolute Gasteiger partial charge is 0.416 e. The van der Waals surface area contributed by atoms with Crippen molar-refractivity contribution in [2.45, 2.75) is 13.1 Å². The fourth-order valence-corrected chi connectivity index (χ4v) is 2.04. The zero-order chi connectivity index (χ0) is 18.6. The van der Waals surface area contributed by atoms with Crippen molar-refractivity contribution in [2.24, 2.45) is 5.73 Å². The van der Waals surface area contributed by atoms with Crippen LogP contribution in [0.1, 0.15) is 11.3 Å². The first-order chi connectivity index (χ1) is 11.7. The Morgan fingerprint density at radius 1 is 1.24 bits per heavy atom. The molecule has 7 nitrogen and oxygen atoms in total. The summed E-state index contributed by atoms with van der Waals surface area (Å²) in [4.78, 5) is 22.9. The maximum absolute atomic E-state index is 12.9. The van der Waals surface area contributed by atoms with E-state index in [9.17, 15) is 22.8 Å². The highest BCUT2D eigenvalue weighted by molar-refractivity contribution is 5.94. The van der Waals surface area contributed by atoms with Crippen molar-refractivity contribution in [1.82, 2.24) is 15.1 Å². The standard InChI is InChI=1S/C15H16F3N5O2/c1-9-5-12(21-14(25)8-20-13(24)7-19)23(22-9)11-4-2-3-10(6-11)15(16,17)18/h2-6H,7-8,19H2,1H3,(H,20,24)(H,21,25). The van der Waals surface area contributed by atoms with E-state index < -0.39 is 23.6 Å². The quantitative estimate of drug-likeness (QED) is 0.750. The molecule has 0 saturated carbocycles. The third-order valence-electron chi connectivity index (χ3n) is 3.15. The van der Waals surface area contributed by atoms with Crippen LogP contribution >= 0.6 is 0 Å². The van der Waals surface area contributed by atoms with Gasteiger partial charge < -0.3 is 16.4 Å². The molecule has 0 spiro atoms. The number of anilines is 1. The second-order valence-corrected chi connectivity index (χ2v) is 5.16. The number of nitrogens with zero attached hydrogens (tertiary/aromatic N) is 2. The number of hydrogen-bond acceptors (Lipinski definition) is 4. The number of hydrogen-bond donors (Lipinski definition) is 3. The molecule has 4 N–H and O–H groups in total. The summed E-state index contributed by atoms with van der Waals surface area (Å²) < 4.78 is 39.8. The van der Waals surface area contributed by atoms with Crippen LogP contribution in [0.5, 0.6) is 0 Å². The minimum atomic E-state index is -4.49. The molecular weight excluding hydrogens is 339 g/mol. The van der Waals surface area contributed by atoms with Gasteiger partial charge in [-0.05, 0) is 25.1 Å². The second-order valence-electron chi connectivity index (χ2n) is 5.16. The molecule has 0 aliphatic rings. The minimum Gasteiger partial charge on any atom is -0.346 e. The van der Waals surface area contributed by atoms with Gasteiger partial charge in [0, 0.05) is 6.07 Å². The van der Waals surface area contributed by atoms with Crippen LogP contribution in [0.25, 0.3) is 5.69 Å². The number of alkyl halides is 3. The lowest BCUT2D eigenvalue weighted by atomic mass is 10.2. The van der Waals surface area contributed by atoms with Crippen LogP contribution in [0.4, 0.5) is 19.0 Å². The molecule has 0 radical (unpaired) electrons. The van der Waals surface area contributed by atoms with Gasteiger partial charge in [-0.1, -0.05) is 6.07 Å². The van der Waals surface area contributed by atoms with E-state index in [2.05, 4.69) is 15.7 Å². The maximum atomic E-state index is 12.9. The number of aromatic nitrogens is 2. The molecule has 2 aromatic rings. The lowest BCUT2D eigenvalue weighted by molar-refractivity contribution is -0.137. The van der Waals surface area contributed by atoms with Gasteiger partial charge in [-0.3, -0.25) is 9.59 Å². The predicted molar refractivity (Wildman–Crippen MR) is 84.0 cm³/mol. The van der Waals surface area contributed by atoms with Crippen molar-refractivity contribution in [3.63, 3.8) is 0 Å². The molecule has 2 amide bonds. The molecule has 0 unspecified atom stereocenters. The first kappa shape index (κ1) is 18.5. The van der Waals surface area contributed by atoms with E-state index >= 15 is 0 Å². The summed E-state index contributed by atoms with van der Waals surface area (Å²) in [5, 5.41) is 8.88. The molecule has 1 aromatic carbocycles. The molecule has 1 aromatic heterocycles. The zero-order valence-electron chi connectivity index (χ0n) is 13.2. The van der Waals surface area contributed by atoms with E-state index in [1.54, 1.807) is 6.92 Å². The topological polar surface area (TPSA) is 102 Å². The van der Waals surface area contributed by atoms with Gasteiger partial charge in [0.25, 0.3) is 0 Å². The molecule has 0 aliphatic carbocycles. The Morgan fingerprint density at radius 3 is 2.60 bits per heavy atom. The summed E-state index contributed by atoms with van der Waals surface area (Å²) in [6.45, 7) is 1.06. The van der Waals surface area contributed by atoms with Gasteiger partial charge in [0.15, 0.2) is 0 Å². The smallest absolute Gasteiger partial charge is 0.346 e. The lowest BCUT2D eigenvalue weighted by Gasteiger charge is -2.12. The first-order valence-corrected chi connectivity index (χ1v) is 7.21. The number of carbonyl (C=O) groups excluding carboxylic acids is 2. The molecule has 1 heterocycles. The van der Waals surface area contributed by atoms with Crippen LogP contribution in [0.15, 0.2) is 30.3 Å². The SMILES string of the molecule is Cc1cc(NC(=O)CNC(=O)CN)n(-c2cccc(C(F)(F)F)c2)n1. The molecule has 0 aliphatic heterocycles. The van der Waals surface area contributed by atoms with Crippen molar-refractivity contribution >= 4 is 17.6 Å². The number of nitrogens with one attached hydrogen (secondary N) is 2. The Balaban J connectivity index is 2.24. The summed E-state index contributed by atoms with van der Waals surface area (Å²) in [6, 6.07) is 6.07. The molecule has 0 saturated heterocycles. The summed E-state index contributed by atoms with van der Waals surface area (Å²) >= 11 is 0. The van der Waals surface area contributed by atoms with E-state index in [1.807, 2.05) is 0 Å². The number of amides is 2. The first-order valence-electron chi connectivity index (χ1n) is 7.21. The van der Waals surface area contributed by atoms with Gasteiger partial charge in [0.1, 0.15) is 5.82 Å². The Labute approximate surface area is 141 Å². The van der Waals surface area contributed by atoms with Crippen LogP contribution in [0.2, 0.25) is 0 Å². The van der Waals surface area contributed by atoms with Gasteiger partial charge in [-0.15, -0.1) is 0 Å². The van der Waals surface area contributed by atoms with Gasteiger partial charge in [0.05, 0.1) is 30.0 Å². The molecule has 10 heteroatoms. The number of carbonyl (C=O) groups is 2. The lowest BCUT2D eigenvalue weighted by Crippen LogP contribution is -2.36. The monoisotopic (exact) mass is 355 g/mol. The van der Waals surface area contributed by atoms with Gasteiger partial charge >= 0.3 is 6.18 Å². The van der Waals surface area contributed by atoms with E-state index in [4.69, 9.17) is 5.73 Å². The Hall–Kier alpha value is -2.88. The third kappa shape index (κ3) is 4.80.